The molecule has 0 spiro atoms. The van der Waals surface area contributed by atoms with Gasteiger partial charge in [0.1, 0.15) is 5.69 Å². The van der Waals surface area contributed by atoms with Gasteiger partial charge in [-0.2, -0.15) is 0 Å². The van der Waals surface area contributed by atoms with Gasteiger partial charge in [0, 0.05) is 32.0 Å². The monoisotopic (exact) mass is 275 g/mol. The molecule has 5 heteroatoms. The number of nitrogens with one attached hydrogen (secondary N) is 1. The molecule has 0 saturated heterocycles. The molecule has 3 N–H and O–H groups in total. The molecule has 0 unspecified atom stereocenters. The van der Waals surface area contributed by atoms with Crippen LogP contribution in [0.1, 0.15) is 35.3 Å². The molecule has 0 aliphatic rings. The van der Waals surface area contributed by atoms with Gasteiger partial charge in [0.2, 0.25) is 0 Å². The molecule has 0 radical (unpaired) electrons. The Morgan fingerprint density at radius 2 is 2.25 bits per heavy atom. The van der Waals surface area contributed by atoms with Crippen LogP contribution in [0.2, 0.25) is 0 Å². The lowest BCUT2D eigenvalue weighted by Gasteiger charge is -2.04. The van der Waals surface area contributed by atoms with Gasteiger partial charge in [0.25, 0.3) is 5.91 Å². The fourth-order valence-corrected chi connectivity index (χ4v) is 1.60. The summed E-state index contributed by atoms with van der Waals surface area (Å²) in [5.74, 6) is 5.44. The fourth-order valence-electron chi connectivity index (χ4n) is 1.60. The number of hydrogen-bond acceptors (Lipinski definition) is 4. The van der Waals surface area contributed by atoms with Crippen LogP contribution in [0.4, 0.5) is 0 Å². The fraction of sp³-hybridized carbons (Fsp3) is 0.467. The van der Waals surface area contributed by atoms with Crippen molar-refractivity contribution in [3.05, 3.63) is 29.6 Å². The Morgan fingerprint density at radius 3 is 2.90 bits per heavy atom. The van der Waals surface area contributed by atoms with Crippen molar-refractivity contribution in [2.45, 2.75) is 19.3 Å². The first-order valence-corrected chi connectivity index (χ1v) is 6.70. The molecule has 1 aromatic heterocycles. The van der Waals surface area contributed by atoms with Crippen LogP contribution in [-0.4, -0.2) is 37.7 Å². The van der Waals surface area contributed by atoms with E-state index in [0.29, 0.717) is 18.8 Å². The van der Waals surface area contributed by atoms with Crippen LogP contribution in [0, 0.1) is 11.8 Å². The van der Waals surface area contributed by atoms with E-state index in [1.807, 2.05) is 0 Å². The van der Waals surface area contributed by atoms with Crippen molar-refractivity contribution in [1.82, 2.24) is 10.3 Å². The smallest absolute Gasteiger partial charge is 0.269 e. The maximum absolute atomic E-state index is 11.8. The zero-order valence-electron chi connectivity index (χ0n) is 11.8. The van der Waals surface area contributed by atoms with Gasteiger partial charge in [-0.05, 0) is 31.4 Å². The number of unbranched alkanes of at least 4 members (excludes halogenated alkanes) is 2. The zero-order valence-corrected chi connectivity index (χ0v) is 11.8. The first-order chi connectivity index (χ1) is 9.77. The number of pyridine rings is 1. The summed E-state index contributed by atoms with van der Waals surface area (Å²) in [6, 6.07) is 3.43. The van der Waals surface area contributed by atoms with Crippen LogP contribution in [0.3, 0.4) is 0 Å². The van der Waals surface area contributed by atoms with Crippen LogP contribution in [-0.2, 0) is 4.74 Å². The van der Waals surface area contributed by atoms with E-state index in [9.17, 15) is 4.79 Å². The highest BCUT2D eigenvalue weighted by atomic mass is 16.5. The lowest BCUT2D eigenvalue weighted by Crippen LogP contribution is -2.25. The number of ether oxygens (including phenoxy) is 1. The minimum atomic E-state index is -0.157. The second-order valence-corrected chi connectivity index (χ2v) is 4.25. The summed E-state index contributed by atoms with van der Waals surface area (Å²) in [6.45, 7) is 1.73. The van der Waals surface area contributed by atoms with E-state index in [0.717, 1.165) is 31.4 Å². The molecular weight excluding hydrogens is 254 g/mol. The summed E-state index contributed by atoms with van der Waals surface area (Å²) < 4.78 is 4.96. The summed E-state index contributed by atoms with van der Waals surface area (Å²) in [4.78, 5) is 15.9. The van der Waals surface area contributed by atoms with Gasteiger partial charge in [-0.3, -0.25) is 4.79 Å². The second-order valence-electron chi connectivity index (χ2n) is 4.25. The number of amides is 1. The third-order valence-corrected chi connectivity index (χ3v) is 2.64. The van der Waals surface area contributed by atoms with Gasteiger partial charge in [0.05, 0.1) is 6.54 Å². The molecule has 0 saturated carbocycles. The molecule has 1 amide bonds. The van der Waals surface area contributed by atoms with E-state index >= 15 is 0 Å². The van der Waals surface area contributed by atoms with E-state index in [4.69, 9.17) is 10.5 Å². The minimum absolute atomic E-state index is 0.157. The Balaban J connectivity index is 2.32. The molecule has 0 aliphatic carbocycles. The van der Waals surface area contributed by atoms with E-state index < -0.39 is 0 Å². The highest BCUT2D eigenvalue weighted by Gasteiger charge is 2.05. The van der Waals surface area contributed by atoms with E-state index in [-0.39, 0.29) is 5.91 Å². The van der Waals surface area contributed by atoms with Crippen LogP contribution < -0.4 is 11.1 Å². The van der Waals surface area contributed by atoms with Crippen LogP contribution in [0.25, 0.3) is 0 Å². The number of methoxy groups -OCH3 is 1. The van der Waals surface area contributed by atoms with Gasteiger partial charge in [-0.15, -0.1) is 0 Å². The van der Waals surface area contributed by atoms with Crippen molar-refractivity contribution in [2.24, 2.45) is 5.73 Å². The van der Waals surface area contributed by atoms with Crippen LogP contribution in [0.15, 0.2) is 18.3 Å². The lowest BCUT2D eigenvalue weighted by atomic mass is 10.2. The average molecular weight is 275 g/mol. The second kappa shape index (κ2) is 9.96. The summed E-state index contributed by atoms with van der Waals surface area (Å²) in [6.07, 6.45) is 4.57. The first-order valence-electron chi connectivity index (χ1n) is 6.70. The van der Waals surface area contributed by atoms with Crippen molar-refractivity contribution < 1.29 is 9.53 Å². The van der Waals surface area contributed by atoms with Crippen LogP contribution in [0.5, 0.6) is 0 Å². The van der Waals surface area contributed by atoms with Crippen molar-refractivity contribution >= 4 is 5.91 Å². The highest BCUT2D eigenvalue weighted by Crippen LogP contribution is 1.99. The van der Waals surface area contributed by atoms with E-state index in [2.05, 4.69) is 22.1 Å². The molecule has 1 rings (SSSR count). The molecule has 0 bridgehead atoms. The predicted octanol–water partition coefficient (Wildman–Crippen LogP) is 0.938. The molecule has 20 heavy (non-hydrogen) atoms. The average Bonchev–Trinajstić information content (AvgIpc) is 2.49. The molecule has 5 nitrogen and oxygen atoms in total. The Hall–Kier alpha value is -1.90. The molecule has 1 heterocycles. The third-order valence-electron chi connectivity index (χ3n) is 2.64. The number of carbonyl (C=O) groups excluding carboxylic acids is 1. The highest BCUT2D eigenvalue weighted by molar-refractivity contribution is 5.92. The summed E-state index contributed by atoms with van der Waals surface area (Å²) >= 11 is 0. The number of nitrogens with zero attached hydrogens (tertiary/aromatic N) is 1. The lowest BCUT2D eigenvalue weighted by molar-refractivity contribution is 0.0947. The van der Waals surface area contributed by atoms with E-state index in [1.165, 1.54) is 0 Å². The Bertz CT molecular complexity index is 460. The summed E-state index contributed by atoms with van der Waals surface area (Å²) in [7, 11) is 1.69. The SMILES string of the molecule is COCCCCCNC(=O)c1ccc(C#CCN)cn1. The standard InChI is InChI=1S/C15H21N3O2/c1-20-11-4-2-3-10-17-15(19)14-8-7-13(12-18-14)6-5-9-16/h7-8,12H,2-4,9-11,16H2,1H3,(H,17,19). The molecule has 1 aromatic rings. The van der Waals surface area contributed by atoms with Crippen molar-refractivity contribution in [3.8, 4) is 11.8 Å². The molecule has 0 aromatic carbocycles. The molecule has 0 atom stereocenters. The van der Waals surface area contributed by atoms with Gasteiger partial charge in [-0.25, -0.2) is 4.98 Å². The zero-order chi connectivity index (χ0) is 14.6. The summed E-state index contributed by atoms with van der Waals surface area (Å²) in [5, 5.41) is 2.84. The first kappa shape index (κ1) is 16.2. The number of rotatable bonds is 7. The van der Waals surface area contributed by atoms with Crippen molar-refractivity contribution in [3.63, 3.8) is 0 Å². The number of carbonyl (C=O) groups is 1. The Labute approximate surface area is 119 Å². The topological polar surface area (TPSA) is 77.2 Å². The third kappa shape index (κ3) is 6.32. The molecular formula is C15H21N3O2. The van der Waals surface area contributed by atoms with Gasteiger partial charge in [0.15, 0.2) is 0 Å². The number of nitrogens with two attached hydrogens (primary N) is 1. The quantitative estimate of drug-likeness (QED) is 0.573. The predicted molar refractivity (Wildman–Crippen MR) is 78.2 cm³/mol. The normalized spacial score (nSPS) is 9.70. The summed E-state index contributed by atoms with van der Waals surface area (Å²) in [5.41, 5.74) is 6.45. The van der Waals surface area contributed by atoms with Gasteiger partial charge < -0.3 is 15.8 Å². The maximum Gasteiger partial charge on any atom is 0.269 e. The Morgan fingerprint density at radius 1 is 1.40 bits per heavy atom. The van der Waals surface area contributed by atoms with E-state index in [1.54, 1.807) is 25.4 Å². The number of hydrogen-bond donors (Lipinski definition) is 2. The number of aromatic nitrogens is 1. The largest absolute Gasteiger partial charge is 0.385 e. The maximum atomic E-state index is 11.8. The van der Waals surface area contributed by atoms with Gasteiger partial charge >= 0.3 is 0 Å². The van der Waals surface area contributed by atoms with Gasteiger partial charge in [-0.1, -0.05) is 11.8 Å². The Kier molecular flexibility index (Phi) is 8.04. The molecule has 0 fully saturated rings. The van der Waals surface area contributed by atoms with Crippen LogP contribution >= 0.6 is 0 Å². The minimum Gasteiger partial charge on any atom is -0.385 e. The molecule has 0 aliphatic heterocycles. The molecule has 108 valence electrons. The van der Waals surface area contributed by atoms with Crippen molar-refractivity contribution in [1.29, 1.82) is 0 Å². The van der Waals surface area contributed by atoms with Crippen molar-refractivity contribution in [2.75, 3.05) is 26.8 Å².